The van der Waals surface area contributed by atoms with Gasteiger partial charge in [-0.1, -0.05) is 146 Å². The van der Waals surface area contributed by atoms with Gasteiger partial charge in [0.1, 0.15) is 23.2 Å². The molecule has 4 heteroatoms. The van der Waals surface area contributed by atoms with E-state index < -0.39 is 0 Å². The molecule has 0 aliphatic carbocycles. The Morgan fingerprint density at radius 2 is 1.09 bits per heavy atom. The molecule has 0 bridgehead atoms. The molecule has 1 aromatic heterocycles. The minimum atomic E-state index is -0.235. The van der Waals surface area contributed by atoms with Crippen molar-refractivity contribution < 1.29 is 4.42 Å². The number of benzene rings is 7. The lowest BCUT2D eigenvalue weighted by Gasteiger charge is -2.23. The molecule has 8 aromatic rings. The average Bonchev–Trinajstić information content (AvgIpc) is 3.53. The van der Waals surface area contributed by atoms with E-state index in [2.05, 4.69) is 127 Å². The van der Waals surface area contributed by atoms with E-state index in [1.807, 2.05) is 42.5 Å². The average molecular weight is 604 g/mol. The van der Waals surface area contributed by atoms with Crippen LogP contribution in [0.25, 0.3) is 55.0 Å². The number of rotatable bonds is 5. The smallest absolute Gasteiger partial charge is 0.159 e. The number of nitrogens with one attached hydrogen (secondary N) is 1. The Morgan fingerprint density at radius 3 is 1.83 bits per heavy atom. The fourth-order valence-corrected chi connectivity index (χ4v) is 6.57. The molecule has 1 unspecified atom stereocenters. The van der Waals surface area contributed by atoms with Gasteiger partial charge in [-0.2, -0.15) is 0 Å². The summed E-state index contributed by atoms with van der Waals surface area (Å²) < 4.78 is 6.58. The van der Waals surface area contributed by atoms with E-state index in [9.17, 15) is 0 Å². The van der Waals surface area contributed by atoms with Crippen molar-refractivity contribution in [2.45, 2.75) is 6.17 Å². The maximum absolute atomic E-state index is 6.58. The minimum Gasteiger partial charge on any atom is -0.455 e. The first-order chi connectivity index (χ1) is 23.3. The van der Waals surface area contributed by atoms with Crippen LogP contribution < -0.4 is 5.32 Å². The maximum atomic E-state index is 6.58. The monoisotopic (exact) mass is 603 g/mol. The second-order valence-electron chi connectivity index (χ2n) is 11.8. The first kappa shape index (κ1) is 27.1. The molecule has 0 spiro atoms. The van der Waals surface area contributed by atoms with Crippen molar-refractivity contribution in [1.29, 1.82) is 0 Å². The van der Waals surface area contributed by atoms with Gasteiger partial charge in [0.25, 0.3) is 0 Å². The second kappa shape index (κ2) is 11.3. The number of hydrogen-bond acceptors (Lipinski definition) is 4. The number of furan rings is 1. The van der Waals surface area contributed by atoms with Crippen molar-refractivity contribution in [2.24, 2.45) is 9.98 Å². The predicted molar refractivity (Wildman–Crippen MR) is 194 cm³/mol. The Labute approximate surface area is 272 Å². The largest absolute Gasteiger partial charge is 0.455 e. The summed E-state index contributed by atoms with van der Waals surface area (Å²) in [5, 5.41) is 8.08. The van der Waals surface area contributed by atoms with Gasteiger partial charge in [-0.15, -0.1) is 0 Å². The molecular formula is C43H29N3O. The van der Waals surface area contributed by atoms with Crippen molar-refractivity contribution in [1.82, 2.24) is 5.32 Å². The van der Waals surface area contributed by atoms with Crippen LogP contribution in [0.5, 0.6) is 0 Å². The Kier molecular flexibility index (Phi) is 6.50. The summed E-state index contributed by atoms with van der Waals surface area (Å²) in [5.74, 6) is 1.52. The van der Waals surface area contributed by atoms with E-state index in [4.69, 9.17) is 14.4 Å². The number of fused-ring (bicyclic) bond motifs is 5. The molecule has 1 atom stereocenters. The van der Waals surface area contributed by atoms with Gasteiger partial charge in [0, 0.05) is 27.3 Å². The van der Waals surface area contributed by atoms with Gasteiger partial charge in [-0.3, -0.25) is 0 Å². The van der Waals surface area contributed by atoms with E-state index in [0.717, 1.165) is 72.2 Å². The van der Waals surface area contributed by atoms with Crippen LogP contribution in [0.15, 0.2) is 178 Å². The molecule has 1 N–H and O–H groups in total. The molecule has 0 saturated carbocycles. The summed E-state index contributed by atoms with van der Waals surface area (Å²) >= 11 is 0. The van der Waals surface area contributed by atoms with Crippen LogP contribution in [0, 0.1) is 0 Å². The normalized spacial score (nSPS) is 14.6. The topological polar surface area (TPSA) is 49.9 Å². The molecule has 222 valence electrons. The fraction of sp³-hybridized carbons (Fsp3) is 0.0233. The lowest BCUT2D eigenvalue weighted by atomic mass is 9.94. The lowest BCUT2D eigenvalue weighted by Crippen LogP contribution is -2.33. The molecule has 47 heavy (non-hydrogen) atoms. The number of aliphatic imine (C=N–C) groups is 2. The standard InChI is InChI=1S/C43H29N3O/c1-4-12-28(13-5-1)33-24-25-35-38-27-37(34-18-10-11-19-36(34)40(38)47-39(35)26-33)29-20-22-32(23-21-29)43-45-41(30-14-6-2-7-15-30)44-42(46-43)31-16-8-3-9-17-31/h1-27,41H,(H,44,45,46). The van der Waals surface area contributed by atoms with Crippen LogP contribution in [0.3, 0.4) is 0 Å². The lowest BCUT2D eigenvalue weighted by molar-refractivity contribution is 0.673. The van der Waals surface area contributed by atoms with Gasteiger partial charge in [0.15, 0.2) is 5.84 Å². The summed E-state index contributed by atoms with van der Waals surface area (Å²) in [7, 11) is 0. The quantitative estimate of drug-likeness (QED) is 0.213. The summed E-state index contributed by atoms with van der Waals surface area (Å²) in [6.07, 6.45) is -0.235. The number of nitrogens with zero attached hydrogens (tertiary/aromatic N) is 2. The van der Waals surface area contributed by atoms with Crippen molar-refractivity contribution in [3.8, 4) is 22.3 Å². The maximum Gasteiger partial charge on any atom is 0.159 e. The molecule has 0 radical (unpaired) electrons. The van der Waals surface area contributed by atoms with Gasteiger partial charge in [0.2, 0.25) is 0 Å². The molecule has 1 aliphatic heterocycles. The van der Waals surface area contributed by atoms with E-state index >= 15 is 0 Å². The van der Waals surface area contributed by atoms with Gasteiger partial charge in [-0.05, 0) is 51.4 Å². The van der Waals surface area contributed by atoms with Crippen LogP contribution in [-0.4, -0.2) is 11.7 Å². The summed E-state index contributed by atoms with van der Waals surface area (Å²) in [6, 6.07) is 56.9. The van der Waals surface area contributed by atoms with Crippen LogP contribution in [0.4, 0.5) is 0 Å². The molecule has 1 aliphatic rings. The third-order valence-corrected chi connectivity index (χ3v) is 8.95. The minimum absolute atomic E-state index is 0.235. The van der Waals surface area contributed by atoms with E-state index in [1.165, 1.54) is 11.1 Å². The SMILES string of the molecule is c1ccc(C2=NC(c3ccccc3)NC(c3ccc(-c4cc5c6ccc(-c7ccccc7)cc6oc5c5ccccc45)cc3)=N2)cc1. The fourth-order valence-electron chi connectivity index (χ4n) is 6.57. The van der Waals surface area contributed by atoms with Gasteiger partial charge >= 0.3 is 0 Å². The molecule has 0 fully saturated rings. The zero-order chi connectivity index (χ0) is 31.2. The Hall–Kier alpha value is -6.26. The highest BCUT2D eigenvalue weighted by molar-refractivity contribution is 6.19. The van der Waals surface area contributed by atoms with Gasteiger partial charge < -0.3 is 9.73 Å². The van der Waals surface area contributed by atoms with Crippen molar-refractivity contribution in [3.63, 3.8) is 0 Å². The Morgan fingerprint density at radius 1 is 0.468 bits per heavy atom. The second-order valence-corrected chi connectivity index (χ2v) is 11.8. The number of amidine groups is 2. The van der Waals surface area contributed by atoms with Crippen molar-refractivity contribution in [2.75, 3.05) is 0 Å². The highest BCUT2D eigenvalue weighted by Crippen LogP contribution is 2.40. The van der Waals surface area contributed by atoms with Crippen LogP contribution in [0.1, 0.15) is 22.9 Å². The Balaban J connectivity index is 1.13. The van der Waals surface area contributed by atoms with Gasteiger partial charge in [0.05, 0.1) is 0 Å². The van der Waals surface area contributed by atoms with Crippen LogP contribution in [0.2, 0.25) is 0 Å². The summed E-state index contributed by atoms with van der Waals surface area (Å²) in [6.45, 7) is 0. The first-order valence-electron chi connectivity index (χ1n) is 15.9. The molecule has 0 amide bonds. The molecule has 9 rings (SSSR count). The van der Waals surface area contributed by atoms with E-state index in [-0.39, 0.29) is 6.17 Å². The van der Waals surface area contributed by atoms with Crippen molar-refractivity contribution >= 4 is 44.4 Å². The van der Waals surface area contributed by atoms with E-state index in [1.54, 1.807) is 0 Å². The zero-order valence-electron chi connectivity index (χ0n) is 25.5. The van der Waals surface area contributed by atoms with Crippen LogP contribution in [-0.2, 0) is 0 Å². The molecular weight excluding hydrogens is 574 g/mol. The van der Waals surface area contributed by atoms with Crippen molar-refractivity contribution in [3.05, 3.63) is 180 Å². The molecule has 2 heterocycles. The molecule has 4 nitrogen and oxygen atoms in total. The predicted octanol–water partition coefficient (Wildman–Crippen LogP) is 10.6. The van der Waals surface area contributed by atoms with E-state index in [0.29, 0.717) is 0 Å². The zero-order valence-corrected chi connectivity index (χ0v) is 25.5. The first-order valence-corrected chi connectivity index (χ1v) is 15.9. The van der Waals surface area contributed by atoms with Gasteiger partial charge in [-0.25, -0.2) is 9.98 Å². The highest BCUT2D eigenvalue weighted by atomic mass is 16.3. The highest BCUT2D eigenvalue weighted by Gasteiger charge is 2.21. The third-order valence-electron chi connectivity index (χ3n) is 8.95. The van der Waals surface area contributed by atoms with Crippen LogP contribution >= 0.6 is 0 Å². The summed E-state index contributed by atoms with van der Waals surface area (Å²) in [5.41, 5.74) is 9.52. The molecule has 7 aromatic carbocycles. The summed E-state index contributed by atoms with van der Waals surface area (Å²) in [4.78, 5) is 9.97. The molecule has 0 saturated heterocycles. The number of hydrogen-bond donors (Lipinski definition) is 1. The Bertz CT molecular complexity index is 2460. The third kappa shape index (κ3) is 4.88.